The normalized spacial score (nSPS) is 17.8. The van der Waals surface area contributed by atoms with Crippen LogP contribution in [-0.2, 0) is 14.4 Å². The number of nitriles is 1. The number of nitrogens with zero attached hydrogens (tertiary/aromatic N) is 3. The van der Waals surface area contributed by atoms with Crippen molar-refractivity contribution < 1.29 is 27.6 Å². The SMILES string of the molecule is N#C[C@@H](CNC(=O)[C@@H]1CCCCN1OC(=O)C(F)(F)F)c1ccc(-c2cccnc2)cc1. The molecule has 168 valence electrons. The summed E-state index contributed by atoms with van der Waals surface area (Å²) in [7, 11) is 0. The number of halogens is 3. The van der Waals surface area contributed by atoms with E-state index >= 15 is 0 Å². The standard InChI is InChI=1S/C22H21F3N4O3/c23-22(24,25)21(31)32-29-11-2-1-5-19(29)20(30)28-14-18(12-26)16-8-6-15(7-9-16)17-4-3-10-27-13-17/h3-4,6-10,13,18-19H,1-2,5,11,14H2,(H,28,30)/t18-,19-/m0/s1. The van der Waals surface area contributed by atoms with E-state index in [2.05, 4.69) is 21.2 Å². The quantitative estimate of drug-likeness (QED) is 0.731. The second kappa shape index (κ2) is 10.2. The van der Waals surface area contributed by atoms with Crippen molar-refractivity contribution in [3.8, 4) is 17.2 Å². The van der Waals surface area contributed by atoms with Gasteiger partial charge in [0.25, 0.3) is 0 Å². The molecule has 2 aromatic rings. The number of alkyl halides is 3. The summed E-state index contributed by atoms with van der Waals surface area (Å²) in [5.74, 6) is -3.61. The van der Waals surface area contributed by atoms with Crippen molar-refractivity contribution in [2.24, 2.45) is 0 Å². The van der Waals surface area contributed by atoms with Gasteiger partial charge in [0.2, 0.25) is 5.91 Å². The number of hydrogen-bond acceptors (Lipinski definition) is 6. The van der Waals surface area contributed by atoms with Gasteiger partial charge in [-0.15, -0.1) is 5.06 Å². The van der Waals surface area contributed by atoms with Crippen molar-refractivity contribution in [3.63, 3.8) is 0 Å². The molecule has 7 nitrogen and oxygen atoms in total. The Morgan fingerprint density at radius 3 is 2.59 bits per heavy atom. The fraction of sp³-hybridized carbons (Fsp3) is 0.364. The molecule has 3 rings (SSSR count). The van der Waals surface area contributed by atoms with E-state index in [0.29, 0.717) is 18.4 Å². The summed E-state index contributed by atoms with van der Waals surface area (Å²) in [6.07, 6.45) is -0.405. The van der Waals surface area contributed by atoms with Crippen LogP contribution in [-0.4, -0.2) is 47.2 Å². The van der Waals surface area contributed by atoms with Gasteiger partial charge in [-0.2, -0.15) is 18.4 Å². The molecular weight excluding hydrogens is 425 g/mol. The first-order valence-electron chi connectivity index (χ1n) is 10.0. The smallest absolute Gasteiger partial charge is 0.360 e. The van der Waals surface area contributed by atoms with Gasteiger partial charge in [0.1, 0.15) is 6.04 Å². The Balaban J connectivity index is 1.61. The van der Waals surface area contributed by atoms with Crippen molar-refractivity contribution in [1.82, 2.24) is 15.4 Å². The van der Waals surface area contributed by atoms with Crippen molar-refractivity contribution in [1.29, 1.82) is 5.26 Å². The van der Waals surface area contributed by atoms with Gasteiger partial charge in [0.15, 0.2) is 0 Å². The maximum Gasteiger partial charge on any atom is 0.492 e. The van der Waals surface area contributed by atoms with Crippen molar-refractivity contribution in [2.45, 2.75) is 37.4 Å². The Bertz CT molecular complexity index is 975. The predicted molar refractivity (Wildman–Crippen MR) is 108 cm³/mol. The van der Waals surface area contributed by atoms with Gasteiger partial charge in [0, 0.05) is 25.5 Å². The maximum absolute atomic E-state index is 12.6. The molecule has 10 heteroatoms. The summed E-state index contributed by atoms with van der Waals surface area (Å²) in [4.78, 5) is 32.2. The van der Waals surface area contributed by atoms with Gasteiger partial charge < -0.3 is 10.2 Å². The molecule has 1 aliphatic rings. The summed E-state index contributed by atoms with van der Waals surface area (Å²) in [6.45, 7) is -0.00345. The van der Waals surface area contributed by atoms with Crippen LogP contribution in [0.1, 0.15) is 30.7 Å². The van der Waals surface area contributed by atoms with Crippen molar-refractivity contribution in [2.75, 3.05) is 13.1 Å². The first kappa shape index (κ1) is 23.2. The highest BCUT2D eigenvalue weighted by Crippen LogP contribution is 2.24. The molecule has 0 radical (unpaired) electrons. The Kier molecular flexibility index (Phi) is 7.43. The number of hydroxylamine groups is 2. The number of carbonyl (C=O) groups is 2. The molecule has 0 saturated carbocycles. The topological polar surface area (TPSA) is 95.3 Å². The summed E-state index contributed by atoms with van der Waals surface area (Å²) in [5.41, 5.74) is 2.53. The molecule has 0 spiro atoms. The average Bonchev–Trinajstić information content (AvgIpc) is 2.80. The van der Waals surface area contributed by atoms with Crippen LogP contribution in [0.15, 0.2) is 48.8 Å². The van der Waals surface area contributed by atoms with Crippen LogP contribution < -0.4 is 5.32 Å². The zero-order valence-corrected chi connectivity index (χ0v) is 17.0. The van der Waals surface area contributed by atoms with Gasteiger partial charge in [0.05, 0.1) is 12.0 Å². The number of piperidine rings is 1. The van der Waals surface area contributed by atoms with Gasteiger partial charge in [-0.25, -0.2) is 4.79 Å². The Morgan fingerprint density at radius 2 is 1.97 bits per heavy atom. The maximum atomic E-state index is 12.6. The summed E-state index contributed by atoms with van der Waals surface area (Å²) in [5, 5.41) is 12.9. The van der Waals surface area contributed by atoms with E-state index in [1.807, 2.05) is 24.3 Å². The Labute approximate surface area is 182 Å². The lowest BCUT2D eigenvalue weighted by Crippen LogP contribution is -2.51. The van der Waals surface area contributed by atoms with Crippen LogP contribution in [0.5, 0.6) is 0 Å². The van der Waals surface area contributed by atoms with Gasteiger partial charge in [-0.3, -0.25) is 9.78 Å². The van der Waals surface area contributed by atoms with Gasteiger partial charge in [-0.1, -0.05) is 30.3 Å². The Hall–Kier alpha value is -3.45. The highest BCUT2D eigenvalue weighted by molar-refractivity contribution is 5.82. The van der Waals surface area contributed by atoms with E-state index in [9.17, 15) is 28.0 Å². The Morgan fingerprint density at radius 1 is 1.22 bits per heavy atom. The molecule has 1 saturated heterocycles. The summed E-state index contributed by atoms with van der Waals surface area (Å²) < 4.78 is 37.5. The second-order valence-electron chi connectivity index (χ2n) is 7.32. The third-order valence-corrected chi connectivity index (χ3v) is 5.13. The van der Waals surface area contributed by atoms with E-state index in [1.54, 1.807) is 24.5 Å². The zero-order valence-electron chi connectivity index (χ0n) is 17.0. The molecule has 1 N–H and O–H groups in total. The monoisotopic (exact) mass is 446 g/mol. The highest BCUT2D eigenvalue weighted by Gasteiger charge is 2.44. The minimum atomic E-state index is -5.15. The van der Waals surface area contributed by atoms with E-state index < -0.39 is 30.0 Å². The number of nitrogens with one attached hydrogen (secondary N) is 1. The van der Waals surface area contributed by atoms with Crippen LogP contribution in [0.4, 0.5) is 13.2 Å². The number of hydrogen-bond donors (Lipinski definition) is 1. The third kappa shape index (κ3) is 5.82. The molecule has 1 aromatic heterocycles. The number of pyridine rings is 1. The molecule has 2 heterocycles. The number of aromatic nitrogens is 1. The van der Waals surface area contributed by atoms with Crippen LogP contribution in [0.25, 0.3) is 11.1 Å². The predicted octanol–water partition coefficient (Wildman–Crippen LogP) is 3.35. The minimum absolute atomic E-state index is 0.0252. The molecule has 0 unspecified atom stereocenters. The van der Waals surface area contributed by atoms with E-state index in [0.717, 1.165) is 16.2 Å². The van der Waals surface area contributed by atoms with Crippen LogP contribution in [0, 0.1) is 11.3 Å². The van der Waals surface area contributed by atoms with Crippen LogP contribution in [0.2, 0.25) is 0 Å². The molecule has 32 heavy (non-hydrogen) atoms. The fourth-order valence-electron chi connectivity index (χ4n) is 3.43. The molecule has 1 amide bonds. The largest absolute Gasteiger partial charge is 0.492 e. The molecule has 2 atom stereocenters. The molecule has 1 aromatic carbocycles. The van der Waals surface area contributed by atoms with Crippen LogP contribution in [0.3, 0.4) is 0 Å². The van der Waals surface area contributed by atoms with E-state index in [4.69, 9.17) is 0 Å². The lowest BCUT2D eigenvalue weighted by molar-refractivity contribution is -0.248. The fourth-order valence-corrected chi connectivity index (χ4v) is 3.43. The summed E-state index contributed by atoms with van der Waals surface area (Å²) >= 11 is 0. The molecule has 0 bridgehead atoms. The number of carbonyl (C=O) groups excluding carboxylic acids is 2. The lowest BCUT2D eigenvalue weighted by atomic mass is 9.97. The molecule has 1 aliphatic heterocycles. The number of rotatable bonds is 6. The van der Waals surface area contributed by atoms with E-state index in [1.165, 1.54) is 0 Å². The minimum Gasteiger partial charge on any atom is -0.360 e. The third-order valence-electron chi connectivity index (χ3n) is 5.13. The number of benzene rings is 1. The second-order valence-corrected chi connectivity index (χ2v) is 7.32. The van der Waals surface area contributed by atoms with Crippen molar-refractivity contribution in [3.05, 3.63) is 54.4 Å². The first-order valence-corrected chi connectivity index (χ1v) is 10.0. The zero-order chi connectivity index (χ0) is 23.1. The van der Waals surface area contributed by atoms with E-state index in [-0.39, 0.29) is 19.5 Å². The van der Waals surface area contributed by atoms with Gasteiger partial charge >= 0.3 is 12.1 Å². The average molecular weight is 446 g/mol. The van der Waals surface area contributed by atoms with Crippen molar-refractivity contribution >= 4 is 11.9 Å². The van der Waals surface area contributed by atoms with Crippen LogP contribution >= 0.6 is 0 Å². The molecule has 1 fully saturated rings. The molecule has 0 aliphatic carbocycles. The first-order chi connectivity index (χ1) is 15.3. The lowest BCUT2D eigenvalue weighted by Gasteiger charge is -2.32. The summed E-state index contributed by atoms with van der Waals surface area (Å²) in [6, 6.07) is 12.1. The van der Waals surface area contributed by atoms with Gasteiger partial charge in [-0.05, 0) is 42.0 Å². The molecular formula is C22H21F3N4O3. The highest BCUT2D eigenvalue weighted by atomic mass is 19.4. The number of amides is 1.